The van der Waals surface area contributed by atoms with E-state index in [1.807, 2.05) is 26.0 Å². The molecule has 0 atom stereocenters. The standard InChI is InChI=1S/C34H21F3N4O2S2/c1-18-3-8-21(9-4-18)41(22-10-5-19(2)6-11-22)28-16-15-27(44-28)24-13-14-26(31-29(24)39-45-40-31)38-30-23-12-7-20(34(35,36)37)17-25(23)32(42)33(30)43/h3-17H,1-2H3. The number of rotatable bonds is 5. The number of aryl methyl sites for hydroxylation is 2. The van der Waals surface area contributed by atoms with E-state index in [1.54, 1.807) is 17.4 Å². The highest BCUT2D eigenvalue weighted by atomic mass is 32.1. The Morgan fingerprint density at radius 1 is 0.711 bits per heavy atom. The fourth-order valence-electron chi connectivity index (χ4n) is 5.22. The lowest BCUT2D eigenvalue weighted by molar-refractivity contribution is -0.137. The van der Waals surface area contributed by atoms with Gasteiger partial charge in [-0.15, -0.1) is 11.3 Å². The molecule has 45 heavy (non-hydrogen) atoms. The molecular formula is C34H21F3N4O2S2. The van der Waals surface area contributed by atoms with Crippen LogP contribution >= 0.6 is 23.1 Å². The predicted octanol–water partition coefficient (Wildman–Crippen LogP) is 8.51. The van der Waals surface area contributed by atoms with E-state index >= 15 is 0 Å². The molecule has 7 rings (SSSR count). The normalized spacial score (nSPS) is 12.4. The van der Waals surface area contributed by atoms with Crippen LogP contribution in [0.15, 0.2) is 106 Å². The zero-order chi connectivity index (χ0) is 31.5. The second-order valence-electron chi connectivity index (χ2n) is 10.6. The molecule has 0 unspecified atom stereocenters. The molecule has 11 heteroatoms. The Labute approximate surface area is 262 Å². The summed E-state index contributed by atoms with van der Waals surface area (Å²) >= 11 is 2.56. The number of hydrogen-bond acceptors (Lipinski definition) is 8. The average Bonchev–Trinajstić information content (AvgIpc) is 3.76. The van der Waals surface area contributed by atoms with E-state index in [0.29, 0.717) is 22.8 Å². The fraction of sp³-hybridized carbons (Fsp3) is 0.0882. The van der Waals surface area contributed by atoms with Crippen LogP contribution in [-0.2, 0) is 6.18 Å². The summed E-state index contributed by atoms with van der Waals surface area (Å²) in [6.07, 6.45) is -4.65. The third-order valence-corrected chi connectivity index (χ3v) is 9.19. The van der Waals surface area contributed by atoms with Crippen LogP contribution in [0, 0.1) is 13.8 Å². The monoisotopic (exact) mass is 638 g/mol. The van der Waals surface area contributed by atoms with Gasteiger partial charge in [0, 0.05) is 32.6 Å². The lowest BCUT2D eigenvalue weighted by Crippen LogP contribution is -2.30. The molecule has 0 saturated heterocycles. The van der Waals surface area contributed by atoms with Crippen LogP contribution in [0.2, 0.25) is 0 Å². The first-order valence-electron chi connectivity index (χ1n) is 13.8. The molecular weight excluding hydrogens is 618 g/mol. The first-order valence-corrected chi connectivity index (χ1v) is 15.3. The third-order valence-electron chi connectivity index (χ3n) is 7.56. The van der Waals surface area contributed by atoms with Crippen molar-refractivity contribution >= 4 is 66.9 Å². The van der Waals surface area contributed by atoms with Crippen molar-refractivity contribution in [3.8, 4) is 10.4 Å². The van der Waals surface area contributed by atoms with Gasteiger partial charge in [-0.05, 0) is 74.5 Å². The molecule has 2 aromatic heterocycles. The lowest BCUT2D eigenvalue weighted by atomic mass is 10.1. The second kappa shape index (κ2) is 10.9. The van der Waals surface area contributed by atoms with Crippen LogP contribution in [-0.4, -0.2) is 8.75 Å². The summed E-state index contributed by atoms with van der Waals surface area (Å²) in [5.74, 6) is 0. The van der Waals surface area contributed by atoms with Crippen LogP contribution < -0.4 is 21.1 Å². The summed E-state index contributed by atoms with van der Waals surface area (Å²) in [5, 5.41) is 0.531. The summed E-state index contributed by atoms with van der Waals surface area (Å²) in [4.78, 5) is 33.0. The molecule has 0 N–H and O–H groups in total. The molecule has 0 spiro atoms. The first-order chi connectivity index (χ1) is 21.6. The molecule has 2 heterocycles. The van der Waals surface area contributed by atoms with E-state index in [4.69, 9.17) is 0 Å². The van der Waals surface area contributed by atoms with Crippen LogP contribution in [0.5, 0.6) is 0 Å². The zero-order valence-electron chi connectivity index (χ0n) is 23.7. The molecule has 0 amide bonds. The summed E-state index contributed by atoms with van der Waals surface area (Å²) in [6.45, 7) is 4.10. The number of thiophene rings is 1. The zero-order valence-corrected chi connectivity index (χ0v) is 25.3. The van der Waals surface area contributed by atoms with Gasteiger partial charge in [0.2, 0.25) is 5.43 Å². The molecule has 0 aliphatic rings. The number of aromatic nitrogens is 2. The van der Waals surface area contributed by atoms with Gasteiger partial charge in [0.1, 0.15) is 21.4 Å². The van der Waals surface area contributed by atoms with Gasteiger partial charge < -0.3 is 4.90 Å². The molecule has 0 bridgehead atoms. The van der Waals surface area contributed by atoms with E-state index in [-0.39, 0.29) is 16.1 Å². The maximum Gasteiger partial charge on any atom is 0.416 e. The van der Waals surface area contributed by atoms with Crippen molar-refractivity contribution in [2.45, 2.75) is 20.0 Å². The summed E-state index contributed by atoms with van der Waals surface area (Å²) in [6, 6.07) is 26.9. The highest BCUT2D eigenvalue weighted by Gasteiger charge is 2.31. The lowest BCUT2D eigenvalue weighted by Gasteiger charge is -2.24. The SMILES string of the molecule is Cc1ccc(N(c2ccc(C)cc2)c2ccc(-c3ccc(N=c4c(=O)c(=O)c5cc(C(F)(F)F)ccc45)c4nsnc34)s2)cc1. The van der Waals surface area contributed by atoms with Crippen LogP contribution in [0.3, 0.4) is 0 Å². The Hall–Kier alpha value is -5.00. The van der Waals surface area contributed by atoms with E-state index in [0.717, 1.165) is 61.8 Å². The Bertz CT molecular complexity index is 2340. The molecule has 0 radical (unpaired) electrons. The number of nitrogens with zero attached hydrogens (tertiary/aromatic N) is 4. The van der Waals surface area contributed by atoms with Gasteiger partial charge in [-0.3, -0.25) is 9.59 Å². The molecule has 7 aromatic rings. The number of fused-ring (bicyclic) bond motifs is 2. The largest absolute Gasteiger partial charge is 0.416 e. The van der Waals surface area contributed by atoms with E-state index in [9.17, 15) is 22.8 Å². The van der Waals surface area contributed by atoms with Gasteiger partial charge >= 0.3 is 6.18 Å². The van der Waals surface area contributed by atoms with Crippen molar-refractivity contribution in [3.05, 3.63) is 133 Å². The minimum Gasteiger partial charge on any atom is -0.302 e. The van der Waals surface area contributed by atoms with Gasteiger partial charge in [0.25, 0.3) is 5.43 Å². The Balaban J connectivity index is 1.32. The third kappa shape index (κ3) is 5.13. The average molecular weight is 639 g/mol. The molecule has 5 aromatic carbocycles. The number of benzene rings is 4. The van der Waals surface area contributed by atoms with Gasteiger partial charge in [0.05, 0.1) is 23.0 Å². The highest BCUT2D eigenvalue weighted by Crippen LogP contribution is 2.44. The molecule has 0 saturated carbocycles. The van der Waals surface area contributed by atoms with Crippen LogP contribution in [0.1, 0.15) is 16.7 Å². The Morgan fingerprint density at radius 2 is 1.36 bits per heavy atom. The van der Waals surface area contributed by atoms with Crippen molar-refractivity contribution in [2.24, 2.45) is 4.99 Å². The summed E-state index contributed by atoms with van der Waals surface area (Å²) in [7, 11) is 0. The topological polar surface area (TPSA) is 75.5 Å². The quantitative estimate of drug-likeness (QED) is 0.177. The van der Waals surface area contributed by atoms with Gasteiger partial charge in [-0.1, -0.05) is 41.5 Å². The van der Waals surface area contributed by atoms with E-state index < -0.39 is 22.6 Å². The smallest absolute Gasteiger partial charge is 0.302 e. The first kappa shape index (κ1) is 28.8. The van der Waals surface area contributed by atoms with Gasteiger partial charge in [0.15, 0.2) is 0 Å². The molecule has 0 aliphatic heterocycles. The molecule has 0 fully saturated rings. The minimum absolute atomic E-state index is 0.0635. The van der Waals surface area contributed by atoms with Gasteiger partial charge in [-0.25, -0.2) is 4.99 Å². The Morgan fingerprint density at radius 3 is 2.00 bits per heavy atom. The predicted molar refractivity (Wildman–Crippen MR) is 174 cm³/mol. The molecule has 0 aliphatic carbocycles. The van der Waals surface area contributed by atoms with Crippen LogP contribution in [0.4, 0.5) is 35.2 Å². The second-order valence-corrected chi connectivity index (χ2v) is 12.2. The van der Waals surface area contributed by atoms with Crippen LogP contribution in [0.25, 0.3) is 32.2 Å². The number of anilines is 3. The summed E-state index contributed by atoms with van der Waals surface area (Å²) in [5.41, 5.74) is 3.48. The van der Waals surface area contributed by atoms with Crippen molar-refractivity contribution < 1.29 is 13.2 Å². The van der Waals surface area contributed by atoms with Gasteiger partial charge in [-0.2, -0.15) is 21.9 Å². The maximum atomic E-state index is 13.2. The number of alkyl halides is 3. The Kier molecular flexibility index (Phi) is 6.94. The van der Waals surface area contributed by atoms with Crippen molar-refractivity contribution in [2.75, 3.05) is 4.90 Å². The minimum atomic E-state index is -4.65. The van der Waals surface area contributed by atoms with Crippen molar-refractivity contribution in [1.29, 1.82) is 0 Å². The van der Waals surface area contributed by atoms with Crippen molar-refractivity contribution in [1.82, 2.24) is 8.75 Å². The fourth-order valence-corrected chi connectivity index (χ4v) is 6.87. The van der Waals surface area contributed by atoms with Crippen molar-refractivity contribution in [3.63, 3.8) is 0 Å². The molecule has 222 valence electrons. The summed E-state index contributed by atoms with van der Waals surface area (Å²) < 4.78 is 48.7. The highest BCUT2D eigenvalue weighted by molar-refractivity contribution is 7.19. The van der Waals surface area contributed by atoms with E-state index in [2.05, 4.69) is 73.2 Å². The number of halogens is 3. The number of hydrogen-bond donors (Lipinski definition) is 0. The van der Waals surface area contributed by atoms with E-state index in [1.165, 1.54) is 0 Å². The molecule has 6 nitrogen and oxygen atoms in total. The maximum absolute atomic E-state index is 13.2.